The van der Waals surface area contributed by atoms with Crippen LogP contribution >= 0.6 is 0 Å². The minimum Gasteiger partial charge on any atom is -0.342 e. The number of aryl methyl sites for hydroxylation is 1. The summed E-state index contributed by atoms with van der Waals surface area (Å²) in [5.41, 5.74) is 4.28. The molecule has 2 rings (SSSR count). The van der Waals surface area contributed by atoms with Crippen molar-refractivity contribution in [2.75, 3.05) is 0 Å². The molecular formula is C11H16N4O. The Morgan fingerprint density at radius 2 is 2.12 bits per heavy atom. The van der Waals surface area contributed by atoms with Gasteiger partial charge in [-0.3, -0.25) is 10.2 Å². The van der Waals surface area contributed by atoms with Gasteiger partial charge >= 0.3 is 0 Å². The summed E-state index contributed by atoms with van der Waals surface area (Å²) in [6, 6.07) is 5.19. The van der Waals surface area contributed by atoms with E-state index in [9.17, 15) is 4.79 Å². The second-order valence-electron chi connectivity index (χ2n) is 3.03. The summed E-state index contributed by atoms with van der Waals surface area (Å²) >= 11 is 0. The number of hydrogen-bond donors (Lipinski definition) is 3. The van der Waals surface area contributed by atoms with Gasteiger partial charge in [-0.05, 0) is 25.1 Å². The van der Waals surface area contributed by atoms with Crippen LogP contribution in [0.15, 0.2) is 18.2 Å². The third-order valence-electron chi connectivity index (χ3n) is 1.99. The highest BCUT2D eigenvalue weighted by Crippen LogP contribution is 2.13. The molecule has 0 saturated carbocycles. The van der Waals surface area contributed by atoms with Gasteiger partial charge in [-0.2, -0.15) is 0 Å². The van der Waals surface area contributed by atoms with Crippen molar-refractivity contribution in [1.29, 1.82) is 0 Å². The maximum atomic E-state index is 11.2. The topological polar surface area (TPSA) is 83.8 Å². The van der Waals surface area contributed by atoms with Crippen molar-refractivity contribution in [1.82, 2.24) is 15.4 Å². The van der Waals surface area contributed by atoms with Crippen molar-refractivity contribution in [2.45, 2.75) is 20.8 Å². The van der Waals surface area contributed by atoms with E-state index in [4.69, 9.17) is 5.84 Å². The number of nitrogen functional groups attached to an aromatic ring is 1. The molecule has 2 aromatic rings. The van der Waals surface area contributed by atoms with Gasteiger partial charge in [0.25, 0.3) is 5.91 Å². The first-order chi connectivity index (χ1) is 7.70. The third kappa shape index (κ3) is 2.38. The van der Waals surface area contributed by atoms with Crippen LogP contribution in [0.4, 0.5) is 0 Å². The zero-order chi connectivity index (χ0) is 12.1. The number of nitrogens with zero attached hydrogens (tertiary/aromatic N) is 1. The van der Waals surface area contributed by atoms with Crippen LogP contribution in [0.2, 0.25) is 0 Å². The number of benzene rings is 1. The zero-order valence-electron chi connectivity index (χ0n) is 9.66. The van der Waals surface area contributed by atoms with Crippen LogP contribution in [-0.2, 0) is 0 Å². The molecule has 4 N–H and O–H groups in total. The molecule has 5 heteroatoms. The number of aromatic amines is 1. The van der Waals surface area contributed by atoms with Crippen molar-refractivity contribution in [3.05, 3.63) is 29.6 Å². The smallest absolute Gasteiger partial charge is 0.265 e. The number of amides is 1. The molecule has 1 aromatic heterocycles. The summed E-state index contributed by atoms with van der Waals surface area (Å²) in [6.07, 6.45) is 0. The van der Waals surface area contributed by atoms with Crippen molar-refractivity contribution >= 4 is 16.9 Å². The van der Waals surface area contributed by atoms with E-state index in [2.05, 4.69) is 15.4 Å². The lowest BCUT2D eigenvalue weighted by Gasteiger charge is -1.97. The Labute approximate surface area is 94.0 Å². The first-order valence-electron chi connectivity index (χ1n) is 5.18. The number of H-pyrrole nitrogens is 1. The second kappa shape index (κ2) is 5.27. The molecule has 1 amide bonds. The normalized spacial score (nSPS) is 9.50. The van der Waals surface area contributed by atoms with Crippen LogP contribution < -0.4 is 11.3 Å². The number of fused-ring (bicyclic) bond motifs is 1. The monoisotopic (exact) mass is 220 g/mol. The fourth-order valence-corrected chi connectivity index (χ4v) is 1.36. The molecule has 5 nitrogen and oxygen atoms in total. The molecule has 86 valence electrons. The van der Waals surface area contributed by atoms with Gasteiger partial charge in [0.15, 0.2) is 0 Å². The van der Waals surface area contributed by atoms with Crippen LogP contribution in [0, 0.1) is 6.92 Å². The second-order valence-corrected chi connectivity index (χ2v) is 3.03. The molecule has 0 aliphatic rings. The number of nitrogens with one attached hydrogen (secondary N) is 2. The summed E-state index contributed by atoms with van der Waals surface area (Å²) in [7, 11) is 0. The van der Waals surface area contributed by atoms with Gasteiger partial charge in [-0.1, -0.05) is 13.8 Å². The standard InChI is InChI=1S/C9H10N4O.C2H6/c1-5-11-7-3-2-6(9(14)13-10)4-8(7)12-5;1-2/h2-4H,10H2,1H3,(H,11,12)(H,13,14);1-2H3. The van der Waals surface area contributed by atoms with E-state index < -0.39 is 0 Å². The Morgan fingerprint density at radius 1 is 1.44 bits per heavy atom. The molecule has 0 unspecified atom stereocenters. The maximum absolute atomic E-state index is 11.2. The fourth-order valence-electron chi connectivity index (χ4n) is 1.36. The van der Waals surface area contributed by atoms with E-state index >= 15 is 0 Å². The molecule has 0 saturated heterocycles. The largest absolute Gasteiger partial charge is 0.342 e. The molecule has 1 aromatic carbocycles. The molecule has 0 bridgehead atoms. The van der Waals surface area contributed by atoms with Crippen LogP contribution in [-0.4, -0.2) is 15.9 Å². The highest BCUT2D eigenvalue weighted by molar-refractivity contribution is 5.96. The highest BCUT2D eigenvalue weighted by Gasteiger charge is 2.05. The number of carbonyl (C=O) groups is 1. The fraction of sp³-hybridized carbons (Fsp3) is 0.273. The van der Waals surface area contributed by atoms with Crippen LogP contribution in [0.25, 0.3) is 11.0 Å². The highest BCUT2D eigenvalue weighted by atomic mass is 16.2. The van der Waals surface area contributed by atoms with Crippen LogP contribution in [0.3, 0.4) is 0 Å². The van der Waals surface area contributed by atoms with E-state index in [1.54, 1.807) is 18.2 Å². The summed E-state index contributed by atoms with van der Waals surface area (Å²) in [5, 5.41) is 0. The van der Waals surface area contributed by atoms with Crippen LogP contribution in [0.5, 0.6) is 0 Å². The van der Waals surface area contributed by atoms with Gasteiger partial charge in [-0.25, -0.2) is 10.8 Å². The Morgan fingerprint density at radius 3 is 2.75 bits per heavy atom. The summed E-state index contributed by atoms with van der Waals surface area (Å²) in [4.78, 5) is 18.5. The summed E-state index contributed by atoms with van der Waals surface area (Å²) in [6.45, 7) is 5.86. The molecular weight excluding hydrogens is 204 g/mol. The van der Waals surface area contributed by atoms with Crippen molar-refractivity contribution < 1.29 is 4.79 Å². The number of aromatic nitrogens is 2. The summed E-state index contributed by atoms with van der Waals surface area (Å²) < 4.78 is 0. The van der Waals surface area contributed by atoms with Crippen molar-refractivity contribution in [2.24, 2.45) is 5.84 Å². The maximum Gasteiger partial charge on any atom is 0.265 e. The number of imidazole rings is 1. The van der Waals surface area contributed by atoms with E-state index in [-0.39, 0.29) is 5.91 Å². The predicted molar refractivity (Wildman–Crippen MR) is 63.8 cm³/mol. The zero-order valence-corrected chi connectivity index (χ0v) is 9.66. The minimum absolute atomic E-state index is 0.306. The van der Waals surface area contributed by atoms with Crippen LogP contribution in [0.1, 0.15) is 30.0 Å². The van der Waals surface area contributed by atoms with Crippen molar-refractivity contribution in [3.8, 4) is 0 Å². The molecule has 1 heterocycles. The van der Waals surface area contributed by atoms with E-state index in [1.165, 1.54) is 0 Å². The third-order valence-corrected chi connectivity index (χ3v) is 1.99. The molecule has 0 fully saturated rings. The van der Waals surface area contributed by atoms with E-state index in [0.29, 0.717) is 5.56 Å². The number of hydrogen-bond acceptors (Lipinski definition) is 3. The van der Waals surface area contributed by atoms with Gasteiger partial charge in [0.05, 0.1) is 11.0 Å². The molecule has 0 aliphatic carbocycles. The molecule has 16 heavy (non-hydrogen) atoms. The van der Waals surface area contributed by atoms with E-state index in [1.807, 2.05) is 20.8 Å². The number of nitrogens with two attached hydrogens (primary N) is 1. The minimum atomic E-state index is -0.306. The van der Waals surface area contributed by atoms with Gasteiger partial charge in [0, 0.05) is 5.56 Å². The Hall–Kier alpha value is -1.88. The van der Waals surface area contributed by atoms with Gasteiger partial charge < -0.3 is 4.98 Å². The van der Waals surface area contributed by atoms with E-state index in [0.717, 1.165) is 16.9 Å². The molecule has 0 radical (unpaired) electrons. The van der Waals surface area contributed by atoms with Gasteiger partial charge in [0.1, 0.15) is 5.82 Å². The SMILES string of the molecule is CC.Cc1nc2ccc(C(=O)NN)cc2[nH]1. The Balaban J connectivity index is 0.000000606. The van der Waals surface area contributed by atoms with Crippen molar-refractivity contribution in [3.63, 3.8) is 0 Å². The predicted octanol–water partition coefficient (Wildman–Crippen LogP) is 1.50. The molecule has 0 spiro atoms. The molecule has 0 atom stereocenters. The Kier molecular flexibility index (Phi) is 4.02. The average Bonchev–Trinajstić information content (AvgIpc) is 2.69. The average molecular weight is 220 g/mol. The Bertz CT molecular complexity index is 490. The quantitative estimate of drug-likeness (QED) is 0.387. The number of hydrazine groups is 1. The van der Waals surface area contributed by atoms with Gasteiger partial charge in [0.2, 0.25) is 0 Å². The number of rotatable bonds is 1. The summed E-state index contributed by atoms with van der Waals surface area (Å²) in [5.74, 6) is 5.55. The first-order valence-corrected chi connectivity index (χ1v) is 5.18. The number of carbonyl (C=O) groups excluding carboxylic acids is 1. The lowest BCUT2D eigenvalue weighted by atomic mass is 10.2. The lowest BCUT2D eigenvalue weighted by Crippen LogP contribution is -2.29. The lowest BCUT2D eigenvalue weighted by molar-refractivity contribution is 0.0954. The molecule has 0 aliphatic heterocycles. The van der Waals surface area contributed by atoms with Gasteiger partial charge in [-0.15, -0.1) is 0 Å². The first kappa shape index (κ1) is 12.2.